The van der Waals surface area contributed by atoms with Crippen molar-refractivity contribution in [2.45, 2.75) is 30.5 Å². The number of benzene rings is 1. The molecule has 0 aliphatic rings. The second kappa shape index (κ2) is 6.30. The van der Waals surface area contributed by atoms with Crippen molar-refractivity contribution in [2.75, 3.05) is 6.54 Å². The van der Waals surface area contributed by atoms with E-state index in [0.29, 0.717) is 12.5 Å². The summed E-state index contributed by atoms with van der Waals surface area (Å²) in [5, 5.41) is -0.192. The van der Waals surface area contributed by atoms with Crippen LogP contribution in [-0.4, -0.2) is 21.0 Å². The number of rotatable bonds is 5. The standard InChI is InChI=1S/C11H14ClF3N2O2S/c1-2-8(6-16)17-20(18,19)10-4-3-7(12)5-9(10)11(13,14)15/h3-5,8,17H,2,6,16H2,1H3. The molecule has 4 nitrogen and oxygen atoms in total. The maximum absolute atomic E-state index is 12.9. The molecule has 114 valence electrons. The van der Waals surface area contributed by atoms with E-state index in [1.54, 1.807) is 6.92 Å². The Kier molecular flexibility index (Phi) is 5.42. The van der Waals surface area contributed by atoms with Gasteiger partial charge in [-0.3, -0.25) is 0 Å². The van der Waals surface area contributed by atoms with E-state index >= 15 is 0 Å². The van der Waals surface area contributed by atoms with Crippen LogP contribution in [0.1, 0.15) is 18.9 Å². The van der Waals surface area contributed by atoms with Crippen LogP contribution in [0.3, 0.4) is 0 Å². The molecule has 0 amide bonds. The molecule has 0 saturated heterocycles. The summed E-state index contributed by atoms with van der Waals surface area (Å²) in [5.41, 5.74) is 4.04. The lowest BCUT2D eigenvalue weighted by Gasteiger charge is -2.18. The molecule has 0 spiro atoms. The molecule has 1 unspecified atom stereocenters. The highest BCUT2D eigenvalue weighted by molar-refractivity contribution is 7.89. The van der Waals surface area contributed by atoms with Crippen molar-refractivity contribution < 1.29 is 21.6 Å². The number of hydrogen-bond donors (Lipinski definition) is 2. The average Bonchev–Trinajstić information content (AvgIpc) is 2.34. The van der Waals surface area contributed by atoms with E-state index in [2.05, 4.69) is 4.72 Å². The molecule has 1 aromatic carbocycles. The van der Waals surface area contributed by atoms with E-state index in [1.165, 1.54) is 0 Å². The second-order valence-corrected chi connectivity index (χ2v) is 6.22. The Bertz CT molecular complexity index is 572. The summed E-state index contributed by atoms with van der Waals surface area (Å²) >= 11 is 5.50. The SMILES string of the molecule is CCC(CN)NS(=O)(=O)c1ccc(Cl)cc1C(F)(F)F. The number of nitrogens with two attached hydrogens (primary N) is 1. The Morgan fingerprint density at radius 3 is 2.45 bits per heavy atom. The van der Waals surface area contributed by atoms with Gasteiger partial charge in [0.05, 0.1) is 10.5 Å². The fourth-order valence-electron chi connectivity index (χ4n) is 1.54. The molecule has 1 rings (SSSR count). The largest absolute Gasteiger partial charge is 0.417 e. The third kappa shape index (κ3) is 4.08. The van der Waals surface area contributed by atoms with Crippen LogP contribution in [0.4, 0.5) is 13.2 Å². The summed E-state index contributed by atoms with van der Waals surface area (Å²) < 4.78 is 64.9. The van der Waals surface area contributed by atoms with Gasteiger partial charge in [0.25, 0.3) is 0 Å². The number of alkyl halides is 3. The maximum Gasteiger partial charge on any atom is 0.417 e. The first kappa shape index (κ1) is 17.2. The van der Waals surface area contributed by atoms with Crippen molar-refractivity contribution in [1.29, 1.82) is 0 Å². The van der Waals surface area contributed by atoms with E-state index in [1.807, 2.05) is 0 Å². The number of halogens is 4. The van der Waals surface area contributed by atoms with Gasteiger partial charge in [0, 0.05) is 17.6 Å². The Morgan fingerprint density at radius 2 is 2.00 bits per heavy atom. The number of hydrogen-bond acceptors (Lipinski definition) is 3. The number of nitrogens with one attached hydrogen (secondary N) is 1. The van der Waals surface area contributed by atoms with Crippen molar-refractivity contribution in [3.63, 3.8) is 0 Å². The minimum Gasteiger partial charge on any atom is -0.329 e. The van der Waals surface area contributed by atoms with Crippen molar-refractivity contribution in [2.24, 2.45) is 5.73 Å². The van der Waals surface area contributed by atoms with E-state index in [9.17, 15) is 21.6 Å². The van der Waals surface area contributed by atoms with Gasteiger partial charge in [-0.05, 0) is 24.6 Å². The van der Waals surface area contributed by atoms with Gasteiger partial charge in [-0.1, -0.05) is 18.5 Å². The highest BCUT2D eigenvalue weighted by Crippen LogP contribution is 2.35. The van der Waals surface area contributed by atoms with Crippen LogP contribution in [0.25, 0.3) is 0 Å². The lowest BCUT2D eigenvalue weighted by Crippen LogP contribution is -2.40. The molecule has 0 heterocycles. The summed E-state index contributed by atoms with van der Waals surface area (Å²) in [4.78, 5) is -0.860. The van der Waals surface area contributed by atoms with Gasteiger partial charge in [0.2, 0.25) is 10.0 Å². The van der Waals surface area contributed by atoms with Gasteiger partial charge in [-0.15, -0.1) is 0 Å². The van der Waals surface area contributed by atoms with Crippen LogP contribution in [0.2, 0.25) is 5.02 Å². The molecule has 0 bridgehead atoms. The molecule has 0 radical (unpaired) electrons. The minimum absolute atomic E-state index is 0.00926. The first-order valence-corrected chi connectivity index (χ1v) is 7.57. The predicted octanol–water partition coefficient (Wildman–Crippen LogP) is 2.37. The zero-order valence-corrected chi connectivity index (χ0v) is 12.1. The van der Waals surface area contributed by atoms with Gasteiger partial charge < -0.3 is 5.73 Å². The van der Waals surface area contributed by atoms with Crippen LogP contribution in [0.15, 0.2) is 23.1 Å². The second-order valence-electron chi connectivity index (χ2n) is 4.10. The molecule has 0 aliphatic heterocycles. The topological polar surface area (TPSA) is 72.2 Å². The van der Waals surface area contributed by atoms with E-state index in [-0.39, 0.29) is 11.6 Å². The predicted molar refractivity (Wildman–Crippen MR) is 69.9 cm³/mol. The van der Waals surface area contributed by atoms with Crippen LogP contribution < -0.4 is 10.5 Å². The zero-order chi connectivity index (χ0) is 15.6. The van der Waals surface area contributed by atoms with Gasteiger partial charge in [-0.2, -0.15) is 13.2 Å². The molecule has 20 heavy (non-hydrogen) atoms. The Balaban J connectivity index is 3.32. The molecule has 1 atom stereocenters. The van der Waals surface area contributed by atoms with Crippen molar-refractivity contribution in [3.8, 4) is 0 Å². The van der Waals surface area contributed by atoms with Crippen molar-refractivity contribution in [1.82, 2.24) is 4.72 Å². The molecule has 3 N–H and O–H groups in total. The highest BCUT2D eigenvalue weighted by atomic mass is 35.5. The third-order valence-corrected chi connectivity index (χ3v) is 4.45. The van der Waals surface area contributed by atoms with Gasteiger partial charge >= 0.3 is 6.18 Å². The lowest BCUT2D eigenvalue weighted by atomic mass is 10.2. The van der Waals surface area contributed by atoms with E-state index in [4.69, 9.17) is 17.3 Å². The van der Waals surface area contributed by atoms with Crippen molar-refractivity contribution >= 4 is 21.6 Å². The van der Waals surface area contributed by atoms with E-state index < -0.39 is 32.7 Å². The first-order valence-electron chi connectivity index (χ1n) is 5.71. The van der Waals surface area contributed by atoms with Crippen molar-refractivity contribution in [3.05, 3.63) is 28.8 Å². The molecule has 0 saturated carbocycles. The Labute approximate surface area is 120 Å². The lowest BCUT2D eigenvalue weighted by molar-refractivity contribution is -0.139. The molecular weight excluding hydrogens is 317 g/mol. The fraction of sp³-hybridized carbons (Fsp3) is 0.455. The Hall–Kier alpha value is -0.830. The third-order valence-electron chi connectivity index (χ3n) is 2.64. The molecule has 0 fully saturated rings. The minimum atomic E-state index is -4.82. The molecule has 0 aromatic heterocycles. The first-order chi connectivity index (χ1) is 9.11. The fourth-order valence-corrected chi connectivity index (χ4v) is 3.25. The van der Waals surface area contributed by atoms with Crippen LogP contribution in [0.5, 0.6) is 0 Å². The van der Waals surface area contributed by atoms with Gasteiger partial charge in [0.1, 0.15) is 0 Å². The maximum atomic E-state index is 12.9. The van der Waals surface area contributed by atoms with Crippen LogP contribution in [0, 0.1) is 0 Å². The summed E-state index contributed by atoms with van der Waals surface area (Å²) in [6.45, 7) is 1.66. The molecule has 1 aromatic rings. The Morgan fingerprint density at radius 1 is 1.40 bits per heavy atom. The molecular formula is C11H14ClF3N2O2S. The molecule has 9 heteroatoms. The smallest absolute Gasteiger partial charge is 0.329 e. The molecule has 0 aliphatic carbocycles. The number of sulfonamides is 1. The van der Waals surface area contributed by atoms with Crippen LogP contribution in [-0.2, 0) is 16.2 Å². The normalized spacial score (nSPS) is 14.3. The van der Waals surface area contributed by atoms with Gasteiger partial charge in [-0.25, -0.2) is 13.1 Å². The van der Waals surface area contributed by atoms with Crippen LogP contribution >= 0.6 is 11.6 Å². The highest BCUT2D eigenvalue weighted by Gasteiger charge is 2.37. The zero-order valence-electron chi connectivity index (χ0n) is 10.5. The average molecular weight is 331 g/mol. The van der Waals surface area contributed by atoms with Gasteiger partial charge in [0.15, 0.2) is 0 Å². The van der Waals surface area contributed by atoms with E-state index in [0.717, 1.165) is 12.1 Å². The monoisotopic (exact) mass is 330 g/mol. The summed E-state index contributed by atoms with van der Waals surface area (Å²) in [7, 11) is -4.32. The summed E-state index contributed by atoms with van der Waals surface area (Å²) in [5.74, 6) is 0. The summed E-state index contributed by atoms with van der Waals surface area (Å²) in [6.07, 6.45) is -4.45. The summed E-state index contributed by atoms with van der Waals surface area (Å²) in [6, 6.07) is 1.88. The quantitative estimate of drug-likeness (QED) is 0.870.